The zero-order chi connectivity index (χ0) is 12.3. The molecule has 0 amide bonds. The summed E-state index contributed by atoms with van der Waals surface area (Å²) in [5.74, 6) is 0.247. The van der Waals surface area contributed by atoms with Gasteiger partial charge in [0.2, 0.25) is 0 Å². The van der Waals surface area contributed by atoms with E-state index in [1.165, 1.54) is 24.7 Å². The molecule has 2 aromatic heterocycles. The highest BCUT2D eigenvalue weighted by molar-refractivity contribution is 9.10. The van der Waals surface area contributed by atoms with Crippen LogP contribution in [0, 0.1) is 0 Å². The maximum absolute atomic E-state index is 11.9. The summed E-state index contributed by atoms with van der Waals surface area (Å²) in [5.41, 5.74) is 0. The lowest BCUT2D eigenvalue weighted by atomic mass is 10.5. The van der Waals surface area contributed by atoms with E-state index in [9.17, 15) is 8.42 Å². The van der Waals surface area contributed by atoms with Gasteiger partial charge in [-0.1, -0.05) is 0 Å². The van der Waals surface area contributed by atoms with Crippen molar-refractivity contribution in [3.63, 3.8) is 0 Å². The SMILES string of the molecule is O=S(=O)(Nc1ncccc1Br)c1cccnc1. The van der Waals surface area contributed by atoms with Gasteiger partial charge in [0.15, 0.2) is 5.82 Å². The number of nitrogens with one attached hydrogen (secondary N) is 1. The lowest BCUT2D eigenvalue weighted by Gasteiger charge is -2.07. The van der Waals surface area contributed by atoms with Gasteiger partial charge >= 0.3 is 0 Å². The predicted molar refractivity (Wildman–Crippen MR) is 67.0 cm³/mol. The van der Waals surface area contributed by atoms with Gasteiger partial charge in [0.05, 0.1) is 4.47 Å². The quantitative estimate of drug-likeness (QED) is 0.941. The first-order valence-corrected chi connectivity index (χ1v) is 6.90. The van der Waals surface area contributed by atoms with E-state index in [1.54, 1.807) is 18.2 Å². The summed E-state index contributed by atoms with van der Waals surface area (Å²) in [7, 11) is -3.64. The molecular formula is C10H8BrN3O2S. The fourth-order valence-corrected chi connectivity index (χ4v) is 2.63. The molecule has 0 fully saturated rings. The van der Waals surface area contributed by atoms with E-state index in [0.29, 0.717) is 4.47 Å². The summed E-state index contributed by atoms with van der Waals surface area (Å²) in [6.07, 6.45) is 4.29. The molecule has 0 aliphatic carbocycles. The number of rotatable bonds is 3. The molecule has 0 spiro atoms. The molecule has 5 nitrogen and oxygen atoms in total. The second-order valence-corrected chi connectivity index (χ2v) is 5.66. The molecule has 0 bridgehead atoms. The molecule has 0 aliphatic heterocycles. The first kappa shape index (κ1) is 12.0. The third kappa shape index (κ3) is 2.80. The molecule has 1 N–H and O–H groups in total. The van der Waals surface area contributed by atoms with E-state index < -0.39 is 10.0 Å². The minimum Gasteiger partial charge on any atom is -0.263 e. The van der Waals surface area contributed by atoms with Crippen LogP contribution in [-0.2, 0) is 10.0 Å². The number of pyridine rings is 2. The number of nitrogens with zero attached hydrogens (tertiary/aromatic N) is 2. The fourth-order valence-electron chi connectivity index (χ4n) is 1.15. The number of aromatic nitrogens is 2. The molecule has 17 heavy (non-hydrogen) atoms. The molecule has 0 unspecified atom stereocenters. The van der Waals surface area contributed by atoms with Crippen molar-refractivity contribution in [1.29, 1.82) is 0 Å². The van der Waals surface area contributed by atoms with E-state index in [4.69, 9.17) is 0 Å². The van der Waals surface area contributed by atoms with Crippen LogP contribution < -0.4 is 4.72 Å². The van der Waals surface area contributed by atoms with Crippen LogP contribution in [0.5, 0.6) is 0 Å². The molecule has 7 heteroatoms. The Morgan fingerprint density at radius 3 is 2.59 bits per heavy atom. The van der Waals surface area contributed by atoms with Crippen molar-refractivity contribution < 1.29 is 8.42 Å². The van der Waals surface area contributed by atoms with Gasteiger partial charge in [-0.2, -0.15) is 0 Å². The van der Waals surface area contributed by atoms with Gasteiger partial charge in [-0.15, -0.1) is 0 Å². The minimum atomic E-state index is -3.64. The Kier molecular flexibility index (Phi) is 3.39. The number of halogens is 1. The Hall–Kier alpha value is -1.47. The number of hydrogen-bond donors (Lipinski definition) is 1. The Balaban J connectivity index is 2.34. The summed E-state index contributed by atoms with van der Waals surface area (Å²) >= 11 is 3.22. The summed E-state index contributed by atoms with van der Waals surface area (Å²) in [6.45, 7) is 0. The summed E-state index contributed by atoms with van der Waals surface area (Å²) in [4.78, 5) is 7.79. The van der Waals surface area contributed by atoms with Crippen LogP contribution in [0.25, 0.3) is 0 Å². The summed E-state index contributed by atoms with van der Waals surface area (Å²) < 4.78 is 26.8. The van der Waals surface area contributed by atoms with E-state index in [2.05, 4.69) is 30.6 Å². The minimum absolute atomic E-state index is 0.0950. The summed E-state index contributed by atoms with van der Waals surface area (Å²) in [6, 6.07) is 6.42. The van der Waals surface area contributed by atoms with Crippen molar-refractivity contribution in [3.8, 4) is 0 Å². The molecular weight excluding hydrogens is 306 g/mol. The first-order valence-electron chi connectivity index (χ1n) is 4.63. The van der Waals surface area contributed by atoms with Crippen LogP contribution in [-0.4, -0.2) is 18.4 Å². The number of hydrogen-bond acceptors (Lipinski definition) is 4. The predicted octanol–water partition coefficient (Wildman–Crippen LogP) is 2.04. The highest BCUT2D eigenvalue weighted by Crippen LogP contribution is 2.21. The van der Waals surface area contributed by atoms with Crippen LogP contribution >= 0.6 is 15.9 Å². The Bertz CT molecular complexity index is 616. The van der Waals surface area contributed by atoms with Crippen molar-refractivity contribution in [2.24, 2.45) is 0 Å². The molecule has 2 aromatic rings. The molecule has 2 heterocycles. The van der Waals surface area contributed by atoms with Crippen molar-refractivity contribution in [3.05, 3.63) is 47.3 Å². The topological polar surface area (TPSA) is 72.0 Å². The van der Waals surface area contributed by atoms with Gasteiger partial charge in [0, 0.05) is 18.6 Å². The first-order chi connectivity index (χ1) is 8.09. The molecule has 0 radical (unpaired) electrons. The van der Waals surface area contributed by atoms with Gasteiger partial charge in [-0.05, 0) is 40.2 Å². The molecule has 0 aromatic carbocycles. The lowest BCUT2D eigenvalue weighted by molar-refractivity contribution is 0.600. The molecule has 0 saturated carbocycles. The molecule has 88 valence electrons. The Morgan fingerprint density at radius 2 is 1.94 bits per heavy atom. The van der Waals surface area contributed by atoms with Crippen LogP contribution in [0.4, 0.5) is 5.82 Å². The van der Waals surface area contributed by atoms with Crippen molar-refractivity contribution >= 4 is 31.8 Å². The van der Waals surface area contributed by atoms with Crippen LogP contribution in [0.1, 0.15) is 0 Å². The van der Waals surface area contributed by atoms with Gasteiger partial charge in [-0.3, -0.25) is 9.71 Å². The Morgan fingerprint density at radius 1 is 1.18 bits per heavy atom. The van der Waals surface area contributed by atoms with Crippen LogP contribution in [0.15, 0.2) is 52.2 Å². The molecule has 2 rings (SSSR count). The zero-order valence-electron chi connectivity index (χ0n) is 8.54. The molecule has 0 aliphatic rings. The lowest BCUT2D eigenvalue weighted by Crippen LogP contribution is -2.14. The summed E-state index contributed by atoms with van der Waals surface area (Å²) in [5, 5.41) is 0. The third-order valence-electron chi connectivity index (χ3n) is 1.93. The normalized spacial score (nSPS) is 11.1. The average Bonchev–Trinajstić information content (AvgIpc) is 2.33. The third-order valence-corrected chi connectivity index (χ3v) is 3.90. The molecule has 0 saturated heterocycles. The fraction of sp³-hybridized carbons (Fsp3) is 0. The van der Waals surface area contributed by atoms with Gasteiger partial charge < -0.3 is 0 Å². The van der Waals surface area contributed by atoms with E-state index >= 15 is 0 Å². The van der Waals surface area contributed by atoms with Crippen LogP contribution in [0.3, 0.4) is 0 Å². The zero-order valence-corrected chi connectivity index (χ0v) is 10.9. The van der Waals surface area contributed by atoms with Gasteiger partial charge in [0.25, 0.3) is 10.0 Å². The van der Waals surface area contributed by atoms with E-state index in [0.717, 1.165) is 0 Å². The Labute approximate surface area is 107 Å². The highest BCUT2D eigenvalue weighted by atomic mass is 79.9. The highest BCUT2D eigenvalue weighted by Gasteiger charge is 2.15. The second-order valence-electron chi connectivity index (χ2n) is 3.13. The van der Waals surface area contributed by atoms with Crippen molar-refractivity contribution in [2.75, 3.05) is 4.72 Å². The smallest absolute Gasteiger partial charge is 0.263 e. The van der Waals surface area contributed by atoms with Crippen LogP contribution in [0.2, 0.25) is 0 Å². The number of anilines is 1. The maximum Gasteiger partial charge on any atom is 0.264 e. The van der Waals surface area contributed by atoms with Gasteiger partial charge in [0.1, 0.15) is 4.90 Å². The molecule has 0 atom stereocenters. The monoisotopic (exact) mass is 313 g/mol. The van der Waals surface area contributed by atoms with E-state index in [1.807, 2.05) is 0 Å². The number of sulfonamides is 1. The van der Waals surface area contributed by atoms with Crippen molar-refractivity contribution in [1.82, 2.24) is 9.97 Å². The largest absolute Gasteiger partial charge is 0.264 e. The van der Waals surface area contributed by atoms with E-state index in [-0.39, 0.29) is 10.7 Å². The standard InChI is InChI=1S/C10H8BrN3O2S/c11-9-4-2-6-13-10(9)14-17(15,16)8-3-1-5-12-7-8/h1-7H,(H,13,14). The van der Waals surface area contributed by atoms with Crippen molar-refractivity contribution in [2.45, 2.75) is 4.90 Å². The average molecular weight is 314 g/mol. The van der Waals surface area contributed by atoms with Gasteiger partial charge in [-0.25, -0.2) is 13.4 Å². The second kappa shape index (κ2) is 4.80. The maximum atomic E-state index is 11.9.